The summed E-state index contributed by atoms with van der Waals surface area (Å²) in [6.45, 7) is 2.71. The van der Waals surface area contributed by atoms with Crippen LogP contribution >= 0.6 is 0 Å². The third-order valence-corrected chi connectivity index (χ3v) is 7.41. The second kappa shape index (κ2) is 8.12. The van der Waals surface area contributed by atoms with Crippen LogP contribution in [-0.4, -0.2) is 44.8 Å². The first kappa shape index (κ1) is 19.8. The number of carbonyl (C=O) groups excluding carboxylic acids is 1. The minimum Gasteiger partial charge on any atom is -0.370 e. The molecule has 0 aromatic heterocycles. The Hall–Kier alpha value is -2.45. The summed E-state index contributed by atoms with van der Waals surface area (Å²) in [5, 5.41) is 2.67. The molecule has 4 rings (SSSR count). The summed E-state index contributed by atoms with van der Waals surface area (Å²) in [6, 6.07) is 10.6. The molecule has 1 N–H and O–H groups in total. The van der Waals surface area contributed by atoms with E-state index in [-0.39, 0.29) is 16.1 Å². The summed E-state index contributed by atoms with van der Waals surface area (Å²) in [4.78, 5) is 14.9. The zero-order chi connectivity index (χ0) is 20.4. The lowest BCUT2D eigenvalue weighted by molar-refractivity contribution is 0.102. The fourth-order valence-electron chi connectivity index (χ4n) is 3.90. The Morgan fingerprint density at radius 1 is 0.897 bits per heavy atom. The highest BCUT2D eigenvalue weighted by molar-refractivity contribution is 7.89. The number of amides is 1. The molecule has 0 spiro atoms. The number of para-hydroxylation sites is 1. The highest BCUT2D eigenvalue weighted by Gasteiger charge is 2.27. The highest BCUT2D eigenvalue weighted by Crippen LogP contribution is 2.31. The molecule has 0 unspecified atom stereocenters. The van der Waals surface area contributed by atoms with Crippen molar-refractivity contribution in [3.63, 3.8) is 0 Å². The van der Waals surface area contributed by atoms with E-state index in [1.54, 1.807) is 12.1 Å². The van der Waals surface area contributed by atoms with Crippen LogP contribution in [0.3, 0.4) is 0 Å². The zero-order valence-corrected chi connectivity index (χ0v) is 16.9. The molecule has 2 aromatic rings. The first-order chi connectivity index (χ1) is 14.0. The predicted octanol–water partition coefficient (Wildman–Crippen LogP) is 3.46. The van der Waals surface area contributed by atoms with Crippen LogP contribution in [0.4, 0.5) is 15.8 Å². The van der Waals surface area contributed by atoms with Crippen molar-refractivity contribution in [3.8, 4) is 0 Å². The van der Waals surface area contributed by atoms with E-state index in [0.29, 0.717) is 18.8 Å². The molecule has 2 aromatic carbocycles. The quantitative estimate of drug-likeness (QED) is 0.809. The van der Waals surface area contributed by atoms with Crippen molar-refractivity contribution in [3.05, 3.63) is 53.8 Å². The standard InChI is InChI=1S/C21H24FN3O3S/c22-18-6-5-7-19(24-12-1-2-13-24)20(18)23-21(26)16-8-10-17(11-9-16)29(27,28)25-14-3-4-15-25/h5-11H,1-4,12-15H2,(H,23,26). The molecule has 2 aliphatic heterocycles. The number of halogens is 1. The first-order valence-corrected chi connectivity index (χ1v) is 11.4. The summed E-state index contributed by atoms with van der Waals surface area (Å²) in [6.07, 6.45) is 3.80. The van der Waals surface area contributed by atoms with Gasteiger partial charge >= 0.3 is 0 Å². The molecule has 2 fully saturated rings. The largest absolute Gasteiger partial charge is 0.370 e. The van der Waals surface area contributed by atoms with Gasteiger partial charge in [0.25, 0.3) is 5.91 Å². The number of sulfonamides is 1. The van der Waals surface area contributed by atoms with E-state index in [4.69, 9.17) is 0 Å². The lowest BCUT2D eigenvalue weighted by atomic mass is 10.2. The summed E-state index contributed by atoms with van der Waals surface area (Å²) in [7, 11) is -3.53. The highest BCUT2D eigenvalue weighted by atomic mass is 32.2. The fraction of sp³-hybridized carbons (Fsp3) is 0.381. The monoisotopic (exact) mass is 417 g/mol. The van der Waals surface area contributed by atoms with Crippen molar-refractivity contribution in [2.24, 2.45) is 0 Å². The second-order valence-corrected chi connectivity index (χ2v) is 9.36. The third kappa shape index (κ3) is 4.00. The Labute approximate surface area is 170 Å². The van der Waals surface area contributed by atoms with Crippen LogP contribution < -0.4 is 10.2 Å². The average Bonchev–Trinajstić information content (AvgIpc) is 3.44. The number of hydrogen-bond donors (Lipinski definition) is 1. The summed E-state index contributed by atoms with van der Waals surface area (Å²) in [5.74, 6) is -0.961. The molecule has 0 saturated carbocycles. The molecule has 2 saturated heterocycles. The van der Waals surface area contributed by atoms with Gasteiger partial charge in [0.1, 0.15) is 11.5 Å². The molecule has 0 aliphatic carbocycles. The Bertz CT molecular complexity index is 996. The second-order valence-electron chi connectivity index (χ2n) is 7.42. The van der Waals surface area contributed by atoms with Crippen LogP contribution in [0.15, 0.2) is 47.4 Å². The minimum absolute atomic E-state index is 0.160. The van der Waals surface area contributed by atoms with E-state index in [1.165, 1.54) is 34.6 Å². The molecule has 6 nitrogen and oxygen atoms in total. The van der Waals surface area contributed by atoms with Crippen molar-refractivity contribution >= 4 is 27.3 Å². The topological polar surface area (TPSA) is 69.7 Å². The molecule has 29 heavy (non-hydrogen) atoms. The Morgan fingerprint density at radius 3 is 2.17 bits per heavy atom. The molecular weight excluding hydrogens is 393 g/mol. The smallest absolute Gasteiger partial charge is 0.255 e. The van der Waals surface area contributed by atoms with Gasteiger partial charge in [0.15, 0.2) is 0 Å². The fourth-order valence-corrected chi connectivity index (χ4v) is 5.42. The first-order valence-electron chi connectivity index (χ1n) is 9.92. The van der Waals surface area contributed by atoms with Crippen molar-refractivity contribution < 1.29 is 17.6 Å². The van der Waals surface area contributed by atoms with E-state index in [1.807, 2.05) is 0 Å². The van der Waals surface area contributed by atoms with Gasteiger partial charge in [0.05, 0.1) is 10.6 Å². The number of hydrogen-bond acceptors (Lipinski definition) is 4. The third-order valence-electron chi connectivity index (χ3n) is 5.50. The lowest BCUT2D eigenvalue weighted by Gasteiger charge is -2.22. The maximum Gasteiger partial charge on any atom is 0.255 e. The molecule has 1 amide bonds. The SMILES string of the molecule is O=C(Nc1c(F)cccc1N1CCCC1)c1ccc(S(=O)(=O)N2CCCC2)cc1. The van der Waals surface area contributed by atoms with Crippen LogP contribution in [0, 0.1) is 5.82 Å². The predicted molar refractivity (Wildman–Crippen MR) is 110 cm³/mol. The van der Waals surface area contributed by atoms with E-state index < -0.39 is 21.7 Å². The van der Waals surface area contributed by atoms with Crippen molar-refractivity contribution in [2.75, 3.05) is 36.4 Å². The van der Waals surface area contributed by atoms with E-state index in [9.17, 15) is 17.6 Å². The molecule has 0 radical (unpaired) electrons. The number of rotatable bonds is 5. The van der Waals surface area contributed by atoms with Crippen LogP contribution in [0.25, 0.3) is 0 Å². The summed E-state index contributed by atoms with van der Waals surface area (Å²) < 4.78 is 41.1. The lowest BCUT2D eigenvalue weighted by Crippen LogP contribution is -2.27. The maximum atomic E-state index is 14.4. The molecular formula is C21H24FN3O3S. The number of anilines is 2. The average molecular weight is 418 g/mol. The van der Waals surface area contributed by atoms with Gasteiger partial charge in [-0.2, -0.15) is 4.31 Å². The normalized spacial score (nSPS) is 17.6. The van der Waals surface area contributed by atoms with Crippen molar-refractivity contribution in [1.29, 1.82) is 0 Å². The van der Waals surface area contributed by atoms with Gasteiger partial charge in [-0.1, -0.05) is 6.07 Å². The summed E-state index contributed by atoms with van der Waals surface area (Å²) >= 11 is 0. The van der Waals surface area contributed by atoms with Gasteiger partial charge in [-0.25, -0.2) is 12.8 Å². The van der Waals surface area contributed by atoms with E-state index in [0.717, 1.165) is 38.8 Å². The van der Waals surface area contributed by atoms with E-state index in [2.05, 4.69) is 10.2 Å². The Morgan fingerprint density at radius 2 is 1.52 bits per heavy atom. The van der Waals surface area contributed by atoms with E-state index >= 15 is 0 Å². The van der Waals surface area contributed by atoms with Crippen molar-refractivity contribution in [2.45, 2.75) is 30.6 Å². The van der Waals surface area contributed by atoms with Gasteiger partial charge in [0, 0.05) is 31.7 Å². The van der Waals surface area contributed by atoms with Crippen LogP contribution in [0.2, 0.25) is 0 Å². The van der Waals surface area contributed by atoms with Gasteiger partial charge in [-0.05, 0) is 62.1 Å². The van der Waals surface area contributed by atoms with Gasteiger partial charge in [-0.15, -0.1) is 0 Å². The molecule has 154 valence electrons. The molecule has 0 bridgehead atoms. The van der Waals surface area contributed by atoms with Crippen molar-refractivity contribution in [1.82, 2.24) is 4.31 Å². The Kier molecular flexibility index (Phi) is 5.56. The number of nitrogens with one attached hydrogen (secondary N) is 1. The summed E-state index contributed by atoms with van der Waals surface area (Å²) in [5.41, 5.74) is 1.11. The molecule has 2 aliphatic rings. The van der Waals surface area contributed by atoms with Gasteiger partial charge in [0.2, 0.25) is 10.0 Å². The van der Waals surface area contributed by atoms with Gasteiger partial charge in [-0.3, -0.25) is 4.79 Å². The number of nitrogens with zero attached hydrogens (tertiary/aromatic N) is 2. The Balaban J connectivity index is 1.54. The van der Waals surface area contributed by atoms with Crippen LogP contribution in [0.1, 0.15) is 36.0 Å². The zero-order valence-electron chi connectivity index (χ0n) is 16.1. The van der Waals surface area contributed by atoms with Crippen LogP contribution in [-0.2, 0) is 10.0 Å². The number of carbonyl (C=O) groups is 1. The minimum atomic E-state index is -3.53. The molecule has 2 heterocycles. The molecule has 8 heteroatoms. The van der Waals surface area contributed by atoms with Crippen LogP contribution in [0.5, 0.6) is 0 Å². The molecule has 0 atom stereocenters. The number of benzene rings is 2. The maximum absolute atomic E-state index is 14.4. The van der Waals surface area contributed by atoms with Gasteiger partial charge < -0.3 is 10.2 Å².